The van der Waals surface area contributed by atoms with Crippen molar-refractivity contribution in [1.29, 1.82) is 0 Å². The van der Waals surface area contributed by atoms with Crippen LogP contribution >= 0.6 is 0 Å². The molecule has 9 nitrogen and oxygen atoms in total. The summed E-state index contributed by atoms with van der Waals surface area (Å²) in [5, 5.41) is 4.23. The van der Waals surface area contributed by atoms with E-state index in [9.17, 15) is 18.0 Å². The van der Waals surface area contributed by atoms with Crippen LogP contribution in [0.2, 0.25) is 0 Å². The van der Waals surface area contributed by atoms with E-state index in [4.69, 9.17) is 4.74 Å². The van der Waals surface area contributed by atoms with Crippen LogP contribution in [0.25, 0.3) is 0 Å². The molecule has 1 N–H and O–H groups in total. The molecule has 0 bridgehead atoms. The number of nitrogens with one attached hydrogen (secondary N) is 1. The summed E-state index contributed by atoms with van der Waals surface area (Å²) < 4.78 is 33.1. The number of hydrogen-bond donors (Lipinski definition) is 1. The summed E-state index contributed by atoms with van der Waals surface area (Å²) in [4.78, 5) is 27.0. The first-order chi connectivity index (χ1) is 17.7. The minimum absolute atomic E-state index is 0.00465. The van der Waals surface area contributed by atoms with Crippen LogP contribution in [0, 0.1) is 12.8 Å². The van der Waals surface area contributed by atoms with E-state index < -0.39 is 15.9 Å². The van der Waals surface area contributed by atoms with Crippen LogP contribution in [0.5, 0.6) is 5.75 Å². The van der Waals surface area contributed by atoms with Crippen LogP contribution in [0.15, 0.2) is 58.5 Å². The zero-order valence-corrected chi connectivity index (χ0v) is 22.2. The maximum Gasteiger partial charge on any atom is 0.260 e. The number of rotatable bonds is 8. The second kappa shape index (κ2) is 11.9. The Bertz CT molecular complexity index is 1240. The number of piperidine rings is 1. The Morgan fingerprint density at radius 2 is 1.68 bits per heavy atom. The lowest BCUT2D eigenvalue weighted by Gasteiger charge is -2.30. The molecule has 2 aliphatic rings. The molecule has 0 aromatic heterocycles. The van der Waals surface area contributed by atoms with Gasteiger partial charge in [-0.05, 0) is 81.5 Å². The zero-order valence-electron chi connectivity index (χ0n) is 21.4. The fourth-order valence-electron chi connectivity index (χ4n) is 4.52. The molecule has 0 radical (unpaired) electrons. The van der Waals surface area contributed by atoms with Crippen LogP contribution in [-0.2, 0) is 19.6 Å². The molecule has 2 amide bonds. The van der Waals surface area contributed by atoms with E-state index in [0.29, 0.717) is 30.8 Å². The third kappa shape index (κ3) is 6.75. The predicted octanol–water partition coefficient (Wildman–Crippen LogP) is 2.94. The summed E-state index contributed by atoms with van der Waals surface area (Å²) in [6.45, 7) is 5.80. The van der Waals surface area contributed by atoms with Crippen LogP contribution in [0.4, 0.5) is 0 Å². The summed E-state index contributed by atoms with van der Waals surface area (Å²) in [6, 6.07) is 13.9. The van der Waals surface area contributed by atoms with E-state index in [1.807, 2.05) is 24.0 Å². The van der Waals surface area contributed by atoms with Crippen molar-refractivity contribution in [3.05, 3.63) is 59.7 Å². The Morgan fingerprint density at radius 3 is 2.35 bits per heavy atom. The summed E-state index contributed by atoms with van der Waals surface area (Å²) in [5.41, 5.74) is 4.99. The first-order valence-corrected chi connectivity index (χ1v) is 14.1. The monoisotopic (exact) mass is 526 g/mol. The molecule has 2 aromatic rings. The van der Waals surface area contributed by atoms with Gasteiger partial charge in [-0.15, -0.1) is 0 Å². The van der Waals surface area contributed by atoms with Gasteiger partial charge in [-0.1, -0.05) is 17.7 Å². The normalized spacial score (nSPS) is 19.0. The molecule has 0 aliphatic carbocycles. The van der Waals surface area contributed by atoms with Crippen molar-refractivity contribution in [3.63, 3.8) is 0 Å². The molecular weight excluding hydrogens is 492 g/mol. The lowest BCUT2D eigenvalue weighted by Crippen LogP contribution is -2.44. The minimum Gasteiger partial charge on any atom is -0.484 e. The van der Waals surface area contributed by atoms with Crippen molar-refractivity contribution < 1.29 is 22.7 Å². The Morgan fingerprint density at radius 1 is 1.00 bits per heavy atom. The highest BCUT2D eigenvalue weighted by Crippen LogP contribution is 2.24. The highest BCUT2D eigenvalue weighted by atomic mass is 32.2. The fraction of sp³-hybridized carbons (Fsp3) is 0.444. The van der Waals surface area contributed by atoms with E-state index in [0.717, 1.165) is 37.1 Å². The molecule has 37 heavy (non-hydrogen) atoms. The number of hydrogen-bond acceptors (Lipinski definition) is 6. The largest absolute Gasteiger partial charge is 0.484 e. The summed E-state index contributed by atoms with van der Waals surface area (Å²) in [6.07, 6.45) is 3.29. The molecular formula is C27H34N4O5S. The van der Waals surface area contributed by atoms with Crippen LogP contribution < -0.4 is 10.2 Å². The van der Waals surface area contributed by atoms with Crippen LogP contribution in [0.1, 0.15) is 43.7 Å². The first kappa shape index (κ1) is 26.8. The maximum atomic E-state index is 13.0. The van der Waals surface area contributed by atoms with Gasteiger partial charge in [0.25, 0.3) is 5.91 Å². The SMILES string of the molecule is CC(=NNC(=O)C1CCCN(S(=O)(=O)c2ccc(C)cc2)C1)c1ccc(OCC(=O)N2CCCC2)cc1. The number of nitrogens with zero attached hydrogens (tertiary/aromatic N) is 3. The second-order valence-corrected chi connectivity index (χ2v) is 11.5. The molecule has 0 saturated carbocycles. The predicted molar refractivity (Wildman–Crippen MR) is 141 cm³/mol. The number of carbonyl (C=O) groups is 2. The molecule has 4 rings (SSSR count). The zero-order chi connectivity index (χ0) is 26.4. The van der Waals surface area contributed by atoms with Crippen LogP contribution in [-0.4, -0.2) is 67.9 Å². The van der Waals surface area contributed by atoms with Gasteiger partial charge in [-0.25, -0.2) is 13.8 Å². The van der Waals surface area contributed by atoms with E-state index in [1.54, 1.807) is 43.3 Å². The number of ether oxygens (including phenoxy) is 1. The Kier molecular flexibility index (Phi) is 8.60. The first-order valence-electron chi connectivity index (χ1n) is 12.7. The molecule has 0 spiro atoms. The van der Waals surface area contributed by atoms with E-state index in [-0.39, 0.29) is 29.9 Å². The average Bonchev–Trinajstić information content (AvgIpc) is 3.46. The number of sulfonamides is 1. The van der Waals surface area contributed by atoms with Crippen LogP contribution in [0.3, 0.4) is 0 Å². The molecule has 198 valence electrons. The van der Waals surface area contributed by atoms with Gasteiger partial charge in [0.1, 0.15) is 5.75 Å². The van der Waals surface area contributed by atoms with Crippen molar-refractivity contribution in [2.75, 3.05) is 32.8 Å². The number of hydrazone groups is 1. The average molecular weight is 527 g/mol. The van der Waals surface area contributed by atoms with Gasteiger partial charge in [0, 0.05) is 26.2 Å². The number of aryl methyl sites for hydroxylation is 1. The molecule has 2 fully saturated rings. The summed E-state index contributed by atoms with van der Waals surface area (Å²) in [5.74, 6) is -0.196. The van der Waals surface area contributed by atoms with Gasteiger partial charge in [-0.3, -0.25) is 9.59 Å². The second-order valence-electron chi connectivity index (χ2n) is 9.59. The molecule has 1 unspecified atom stereocenters. The van der Waals surface area contributed by atoms with E-state index in [2.05, 4.69) is 10.5 Å². The third-order valence-corrected chi connectivity index (χ3v) is 8.72. The van der Waals surface area contributed by atoms with Gasteiger partial charge in [-0.2, -0.15) is 9.41 Å². The molecule has 2 aromatic carbocycles. The maximum absolute atomic E-state index is 13.0. The number of amides is 2. The van der Waals surface area contributed by atoms with Crippen molar-refractivity contribution in [2.45, 2.75) is 44.4 Å². The lowest BCUT2D eigenvalue weighted by atomic mass is 9.99. The Balaban J connectivity index is 1.30. The minimum atomic E-state index is -3.66. The van der Waals surface area contributed by atoms with E-state index in [1.165, 1.54) is 4.31 Å². The van der Waals surface area contributed by atoms with Crippen molar-refractivity contribution in [2.24, 2.45) is 11.0 Å². The highest BCUT2D eigenvalue weighted by molar-refractivity contribution is 7.89. The third-order valence-electron chi connectivity index (χ3n) is 6.84. The van der Waals surface area contributed by atoms with Gasteiger partial charge >= 0.3 is 0 Å². The Hall–Kier alpha value is -3.24. The molecule has 2 aliphatic heterocycles. The summed E-state index contributed by atoms with van der Waals surface area (Å²) >= 11 is 0. The van der Waals surface area contributed by atoms with Crippen molar-refractivity contribution in [3.8, 4) is 5.75 Å². The highest BCUT2D eigenvalue weighted by Gasteiger charge is 2.33. The molecule has 2 heterocycles. The number of carbonyl (C=O) groups excluding carboxylic acids is 2. The van der Waals surface area contributed by atoms with Gasteiger partial charge in [0.05, 0.1) is 16.5 Å². The topological polar surface area (TPSA) is 108 Å². The van der Waals surface area contributed by atoms with Gasteiger partial charge < -0.3 is 9.64 Å². The van der Waals surface area contributed by atoms with E-state index >= 15 is 0 Å². The van der Waals surface area contributed by atoms with Gasteiger partial charge in [0.2, 0.25) is 15.9 Å². The fourth-order valence-corrected chi connectivity index (χ4v) is 6.05. The van der Waals surface area contributed by atoms with Crippen molar-refractivity contribution in [1.82, 2.24) is 14.6 Å². The standard InChI is InChI=1S/C27H34N4O5S/c1-20-7-13-25(14-8-20)37(34,35)31-17-5-6-23(18-31)27(33)29-28-21(2)22-9-11-24(12-10-22)36-19-26(32)30-15-3-4-16-30/h7-14,23H,3-6,15-19H2,1-2H3,(H,29,33). The molecule has 1 atom stereocenters. The lowest BCUT2D eigenvalue weighted by molar-refractivity contribution is -0.132. The summed E-state index contributed by atoms with van der Waals surface area (Å²) in [7, 11) is -3.66. The molecule has 2 saturated heterocycles. The quantitative estimate of drug-likeness (QED) is 0.420. The molecule has 10 heteroatoms. The number of likely N-dealkylation sites (tertiary alicyclic amines) is 1. The van der Waals surface area contributed by atoms with Crippen molar-refractivity contribution >= 4 is 27.5 Å². The smallest absolute Gasteiger partial charge is 0.260 e. The Labute approximate surface area is 218 Å². The number of benzene rings is 2. The van der Waals surface area contributed by atoms with Gasteiger partial charge in [0.15, 0.2) is 6.61 Å².